The molecule has 0 aromatic carbocycles. The summed E-state index contributed by atoms with van der Waals surface area (Å²) in [6.07, 6.45) is 3.70. The lowest BCUT2D eigenvalue weighted by atomic mass is 10.2. The van der Waals surface area contributed by atoms with Crippen LogP contribution in [0.1, 0.15) is 74.1 Å². The van der Waals surface area contributed by atoms with Gasteiger partial charge < -0.3 is 26.6 Å². The van der Waals surface area contributed by atoms with E-state index < -0.39 is 11.8 Å². The Morgan fingerprint density at radius 2 is 1.06 bits per heavy atom. The van der Waals surface area contributed by atoms with E-state index >= 15 is 0 Å². The first-order valence-corrected chi connectivity index (χ1v) is 11.5. The summed E-state index contributed by atoms with van der Waals surface area (Å²) in [5.74, 6) is -1.41. The number of carbonyl (C=O) groups is 6. The fourth-order valence-corrected chi connectivity index (χ4v) is 1.73. The van der Waals surface area contributed by atoms with Gasteiger partial charge in [0.05, 0.1) is 26.2 Å². The van der Waals surface area contributed by atoms with E-state index in [2.05, 4.69) is 26.6 Å². The smallest absolute Gasteiger partial charge is 0.239 e. The molecule has 0 radical (unpaired) electrons. The zero-order valence-corrected chi connectivity index (χ0v) is 21.4. The second kappa shape index (κ2) is 31.2. The number of nitrogens with one attached hydrogen (secondary N) is 5. The number of amides is 5. The van der Waals surface area contributed by atoms with Gasteiger partial charge in [-0.1, -0.05) is 47.5 Å². The van der Waals surface area contributed by atoms with Crippen LogP contribution in [0, 0.1) is 0 Å². The highest BCUT2D eigenvalue weighted by atomic mass is 16.2. The van der Waals surface area contributed by atoms with Crippen LogP contribution in [-0.4, -0.2) is 68.5 Å². The number of Topliss-reactive ketones (excluding diaryl/α,β-unsaturated/α-hetero) is 1. The molecule has 194 valence electrons. The first-order valence-electron chi connectivity index (χ1n) is 11.5. The van der Waals surface area contributed by atoms with Crippen LogP contribution in [0.3, 0.4) is 0 Å². The molecule has 0 rings (SSSR count). The van der Waals surface area contributed by atoms with Gasteiger partial charge in [-0.3, -0.25) is 28.8 Å². The van der Waals surface area contributed by atoms with Crippen molar-refractivity contribution < 1.29 is 28.8 Å². The second-order valence-corrected chi connectivity index (χ2v) is 5.94. The van der Waals surface area contributed by atoms with Gasteiger partial charge in [-0.05, 0) is 20.3 Å². The molecular formula is C22H45N5O6. The lowest BCUT2D eigenvalue weighted by Gasteiger charge is -2.08. The van der Waals surface area contributed by atoms with E-state index in [9.17, 15) is 28.8 Å². The van der Waals surface area contributed by atoms with Crippen molar-refractivity contribution in [1.29, 1.82) is 0 Å². The van der Waals surface area contributed by atoms with Crippen molar-refractivity contribution in [1.82, 2.24) is 26.6 Å². The highest BCUT2D eigenvalue weighted by Gasteiger charge is 2.08. The lowest BCUT2D eigenvalue weighted by molar-refractivity contribution is -0.128. The molecule has 0 unspecified atom stereocenters. The van der Waals surface area contributed by atoms with Crippen LogP contribution < -0.4 is 26.6 Å². The summed E-state index contributed by atoms with van der Waals surface area (Å²) < 4.78 is 0. The molecular weight excluding hydrogens is 430 g/mol. The maximum absolute atomic E-state index is 11.4. The van der Waals surface area contributed by atoms with Gasteiger partial charge in [0.15, 0.2) is 0 Å². The number of hydrogen-bond acceptors (Lipinski definition) is 6. The van der Waals surface area contributed by atoms with Crippen LogP contribution >= 0.6 is 0 Å². The van der Waals surface area contributed by atoms with E-state index in [-0.39, 0.29) is 43.8 Å². The first kappa shape index (κ1) is 37.3. The Labute approximate surface area is 198 Å². The minimum atomic E-state index is -0.464. The summed E-state index contributed by atoms with van der Waals surface area (Å²) in [6.45, 7) is 13.3. The van der Waals surface area contributed by atoms with Gasteiger partial charge in [0.2, 0.25) is 30.0 Å². The van der Waals surface area contributed by atoms with Crippen molar-refractivity contribution in [2.75, 3.05) is 32.7 Å². The summed E-state index contributed by atoms with van der Waals surface area (Å²) in [4.78, 5) is 64.7. The molecule has 0 aliphatic heterocycles. The SMILES string of the molecule is CC.CC.CC(=O)CNC=O.CCCCCC(=O)NCC(=O)NCC(=O)NCC(=O)NCC. The molecule has 11 heteroatoms. The van der Waals surface area contributed by atoms with Crippen LogP contribution in [0.2, 0.25) is 0 Å². The number of likely N-dealkylation sites (N-methyl/N-ethyl adjacent to an activating group) is 1. The van der Waals surface area contributed by atoms with Crippen LogP contribution in [0.4, 0.5) is 0 Å². The molecule has 0 saturated carbocycles. The summed E-state index contributed by atoms with van der Waals surface area (Å²) in [6, 6.07) is 0. The van der Waals surface area contributed by atoms with Crippen molar-refractivity contribution in [2.24, 2.45) is 0 Å². The topological polar surface area (TPSA) is 163 Å². The first-order chi connectivity index (χ1) is 15.8. The van der Waals surface area contributed by atoms with Crippen LogP contribution in [-0.2, 0) is 28.8 Å². The van der Waals surface area contributed by atoms with E-state index in [1.165, 1.54) is 6.92 Å². The van der Waals surface area contributed by atoms with Gasteiger partial charge in [-0.2, -0.15) is 0 Å². The van der Waals surface area contributed by atoms with Crippen LogP contribution in [0.25, 0.3) is 0 Å². The third-order valence-corrected chi connectivity index (χ3v) is 3.15. The second-order valence-electron chi connectivity index (χ2n) is 5.94. The molecule has 0 bridgehead atoms. The van der Waals surface area contributed by atoms with Crippen LogP contribution in [0.5, 0.6) is 0 Å². The molecule has 0 fully saturated rings. The molecule has 0 heterocycles. The Hall–Kier alpha value is -2.98. The predicted molar refractivity (Wildman–Crippen MR) is 129 cm³/mol. The van der Waals surface area contributed by atoms with Gasteiger partial charge in [-0.25, -0.2) is 0 Å². The maximum Gasteiger partial charge on any atom is 0.239 e. The summed E-state index contributed by atoms with van der Waals surface area (Å²) >= 11 is 0. The molecule has 5 amide bonds. The highest BCUT2D eigenvalue weighted by molar-refractivity contribution is 5.89. The predicted octanol–water partition coefficient (Wildman–Crippen LogP) is 0.425. The molecule has 11 nitrogen and oxygen atoms in total. The summed E-state index contributed by atoms with van der Waals surface area (Å²) in [7, 11) is 0. The minimum absolute atomic E-state index is 0.0351. The lowest BCUT2D eigenvalue weighted by Crippen LogP contribution is -2.44. The molecule has 0 atom stereocenters. The largest absolute Gasteiger partial charge is 0.355 e. The zero-order valence-electron chi connectivity index (χ0n) is 21.4. The number of hydrogen-bond donors (Lipinski definition) is 5. The van der Waals surface area contributed by atoms with Crippen molar-refractivity contribution in [3.8, 4) is 0 Å². The van der Waals surface area contributed by atoms with Gasteiger partial charge in [-0.15, -0.1) is 0 Å². The molecule has 5 N–H and O–H groups in total. The quantitative estimate of drug-likeness (QED) is 0.181. The Kier molecular flexibility index (Phi) is 35.3. The van der Waals surface area contributed by atoms with E-state index in [4.69, 9.17) is 0 Å². The summed E-state index contributed by atoms with van der Waals surface area (Å²) in [5, 5.41) is 12.0. The summed E-state index contributed by atoms with van der Waals surface area (Å²) in [5.41, 5.74) is 0. The molecule has 0 aromatic rings. The van der Waals surface area contributed by atoms with E-state index in [0.717, 1.165) is 19.3 Å². The Bertz CT molecular complexity index is 541. The molecule has 0 aromatic heterocycles. The van der Waals surface area contributed by atoms with Gasteiger partial charge >= 0.3 is 0 Å². The third-order valence-electron chi connectivity index (χ3n) is 3.15. The van der Waals surface area contributed by atoms with Crippen LogP contribution in [0.15, 0.2) is 0 Å². The van der Waals surface area contributed by atoms with Crippen molar-refractivity contribution in [2.45, 2.75) is 74.1 Å². The van der Waals surface area contributed by atoms with Crippen molar-refractivity contribution in [3.63, 3.8) is 0 Å². The number of rotatable bonds is 14. The fourth-order valence-electron chi connectivity index (χ4n) is 1.73. The standard InChI is InChI=1S/C14H26N4O4.C4H7NO2.2C2H6/c1-3-5-6-7-11(19)16-9-13(21)18-10-14(22)17-8-12(20)15-4-2;1-4(7)2-5-3-6;2*1-2/h3-10H2,1-2H3,(H,15,20)(H,16,19)(H,17,22)(H,18,21);3H,2H2,1H3,(H,5,6);2*1-2H3. The van der Waals surface area contributed by atoms with Gasteiger partial charge in [0.1, 0.15) is 5.78 Å². The minimum Gasteiger partial charge on any atom is -0.355 e. The normalized spacial score (nSPS) is 8.45. The fraction of sp³-hybridized carbons (Fsp3) is 0.727. The van der Waals surface area contributed by atoms with Crippen molar-refractivity contribution in [3.05, 3.63) is 0 Å². The van der Waals surface area contributed by atoms with E-state index in [1.807, 2.05) is 34.6 Å². The molecule has 0 aliphatic rings. The molecule has 0 spiro atoms. The Morgan fingerprint density at radius 1 is 0.636 bits per heavy atom. The number of carbonyl (C=O) groups excluding carboxylic acids is 6. The van der Waals surface area contributed by atoms with Gasteiger partial charge in [0, 0.05) is 13.0 Å². The van der Waals surface area contributed by atoms with Gasteiger partial charge in [0.25, 0.3) is 0 Å². The average molecular weight is 476 g/mol. The number of ketones is 1. The monoisotopic (exact) mass is 475 g/mol. The number of unbranched alkanes of at least 4 members (excludes halogenated alkanes) is 2. The molecule has 0 saturated heterocycles. The highest BCUT2D eigenvalue weighted by Crippen LogP contribution is 1.97. The third kappa shape index (κ3) is 36.7. The van der Waals surface area contributed by atoms with E-state index in [1.54, 1.807) is 6.92 Å². The molecule has 33 heavy (non-hydrogen) atoms. The maximum atomic E-state index is 11.4. The Morgan fingerprint density at radius 3 is 1.39 bits per heavy atom. The average Bonchev–Trinajstić information content (AvgIpc) is 2.82. The van der Waals surface area contributed by atoms with E-state index in [0.29, 0.717) is 19.4 Å². The Balaban J connectivity index is -0.000000320. The van der Waals surface area contributed by atoms with Crippen molar-refractivity contribution >= 4 is 35.8 Å². The zero-order chi connectivity index (χ0) is 26.5. The molecule has 0 aliphatic carbocycles.